The number of nitrogens with one attached hydrogen (secondary N) is 2. The van der Waals surface area contributed by atoms with Crippen molar-refractivity contribution in [3.05, 3.63) is 35.9 Å². The third-order valence-corrected chi connectivity index (χ3v) is 2.63. The van der Waals surface area contributed by atoms with E-state index in [0.717, 1.165) is 25.1 Å². The van der Waals surface area contributed by atoms with E-state index in [1.54, 1.807) is 0 Å². The van der Waals surface area contributed by atoms with Crippen LogP contribution in [0.5, 0.6) is 0 Å². The summed E-state index contributed by atoms with van der Waals surface area (Å²) in [5.41, 5.74) is 1.14. The first-order valence-corrected chi connectivity index (χ1v) is 6.29. The zero-order valence-electron chi connectivity index (χ0n) is 10.7. The molecular weight excluding hydrogens is 212 g/mol. The number of amides is 1. The smallest absolute Gasteiger partial charge is 0.221 e. The molecule has 3 heteroatoms. The van der Waals surface area contributed by atoms with Crippen LogP contribution in [0.3, 0.4) is 0 Å². The summed E-state index contributed by atoms with van der Waals surface area (Å²) in [6.45, 7) is 5.85. The average Bonchev–Trinajstić information content (AvgIpc) is 2.36. The lowest BCUT2D eigenvalue weighted by atomic mass is 10.1. The molecule has 0 fully saturated rings. The number of carbonyl (C=O) groups is 1. The van der Waals surface area contributed by atoms with Crippen LogP contribution in [0.2, 0.25) is 0 Å². The standard InChI is InChI=1S/C14H22N2O/c1-3-10-15-11-9-14(17)16-12(2)13-7-5-4-6-8-13/h4-8,12,15H,3,9-11H2,1-2H3,(H,16,17). The van der Waals surface area contributed by atoms with Crippen molar-refractivity contribution in [1.82, 2.24) is 10.6 Å². The van der Waals surface area contributed by atoms with Crippen LogP contribution in [0.4, 0.5) is 0 Å². The summed E-state index contributed by atoms with van der Waals surface area (Å²) in [6.07, 6.45) is 1.64. The third kappa shape index (κ3) is 5.50. The van der Waals surface area contributed by atoms with Crippen molar-refractivity contribution < 1.29 is 4.79 Å². The molecule has 1 aromatic carbocycles. The maximum Gasteiger partial charge on any atom is 0.221 e. The van der Waals surface area contributed by atoms with E-state index in [4.69, 9.17) is 0 Å². The molecule has 0 radical (unpaired) electrons. The van der Waals surface area contributed by atoms with Crippen molar-refractivity contribution in [3.63, 3.8) is 0 Å². The topological polar surface area (TPSA) is 41.1 Å². The van der Waals surface area contributed by atoms with E-state index in [0.29, 0.717) is 6.42 Å². The van der Waals surface area contributed by atoms with Crippen LogP contribution in [0.1, 0.15) is 38.3 Å². The van der Waals surface area contributed by atoms with E-state index >= 15 is 0 Å². The Morgan fingerprint density at radius 3 is 2.59 bits per heavy atom. The molecule has 0 aliphatic heterocycles. The predicted octanol–water partition coefficient (Wildman–Crippen LogP) is 2.25. The Hall–Kier alpha value is -1.35. The van der Waals surface area contributed by atoms with Crippen molar-refractivity contribution in [2.24, 2.45) is 0 Å². The Morgan fingerprint density at radius 2 is 1.94 bits per heavy atom. The van der Waals surface area contributed by atoms with Gasteiger partial charge < -0.3 is 10.6 Å². The van der Waals surface area contributed by atoms with Gasteiger partial charge in [0.1, 0.15) is 0 Å². The van der Waals surface area contributed by atoms with E-state index in [1.807, 2.05) is 37.3 Å². The molecule has 0 aliphatic rings. The molecular formula is C14H22N2O. The quantitative estimate of drug-likeness (QED) is 0.710. The maximum atomic E-state index is 11.6. The van der Waals surface area contributed by atoms with Gasteiger partial charge in [-0.2, -0.15) is 0 Å². The van der Waals surface area contributed by atoms with Gasteiger partial charge in [0.25, 0.3) is 0 Å². The Kier molecular flexibility index (Phi) is 6.33. The Balaban J connectivity index is 2.26. The lowest BCUT2D eigenvalue weighted by molar-refractivity contribution is -0.121. The summed E-state index contributed by atoms with van der Waals surface area (Å²) < 4.78 is 0. The lowest BCUT2D eigenvalue weighted by Crippen LogP contribution is -2.30. The number of hydrogen-bond acceptors (Lipinski definition) is 2. The van der Waals surface area contributed by atoms with Gasteiger partial charge in [0, 0.05) is 13.0 Å². The number of rotatable bonds is 7. The highest BCUT2D eigenvalue weighted by Gasteiger charge is 2.08. The zero-order valence-corrected chi connectivity index (χ0v) is 10.7. The van der Waals surface area contributed by atoms with Gasteiger partial charge in [0.15, 0.2) is 0 Å². The number of carbonyl (C=O) groups excluding carboxylic acids is 1. The van der Waals surface area contributed by atoms with Crippen molar-refractivity contribution in [2.45, 2.75) is 32.7 Å². The summed E-state index contributed by atoms with van der Waals surface area (Å²) in [5, 5.41) is 6.21. The predicted molar refractivity (Wildman–Crippen MR) is 70.8 cm³/mol. The van der Waals surface area contributed by atoms with Gasteiger partial charge in [-0.1, -0.05) is 37.3 Å². The van der Waals surface area contributed by atoms with Crippen LogP contribution in [0.25, 0.3) is 0 Å². The number of benzene rings is 1. The first-order valence-electron chi connectivity index (χ1n) is 6.29. The van der Waals surface area contributed by atoms with E-state index in [-0.39, 0.29) is 11.9 Å². The van der Waals surface area contributed by atoms with Gasteiger partial charge in [0.2, 0.25) is 5.91 Å². The molecule has 1 rings (SSSR count). The van der Waals surface area contributed by atoms with Gasteiger partial charge in [-0.05, 0) is 25.5 Å². The Bertz CT molecular complexity index is 324. The molecule has 0 aliphatic carbocycles. The summed E-state index contributed by atoms with van der Waals surface area (Å²) >= 11 is 0. The van der Waals surface area contributed by atoms with Crippen LogP contribution in [0, 0.1) is 0 Å². The lowest BCUT2D eigenvalue weighted by Gasteiger charge is -2.14. The first-order chi connectivity index (χ1) is 8.24. The molecule has 1 unspecified atom stereocenters. The van der Waals surface area contributed by atoms with Gasteiger partial charge in [-0.3, -0.25) is 4.79 Å². The summed E-state index contributed by atoms with van der Waals surface area (Å²) in [7, 11) is 0. The monoisotopic (exact) mass is 234 g/mol. The van der Waals surface area contributed by atoms with Crippen molar-refractivity contribution in [3.8, 4) is 0 Å². The molecule has 1 aromatic rings. The van der Waals surface area contributed by atoms with Crippen LogP contribution >= 0.6 is 0 Å². The number of hydrogen-bond donors (Lipinski definition) is 2. The average molecular weight is 234 g/mol. The van der Waals surface area contributed by atoms with Gasteiger partial charge >= 0.3 is 0 Å². The molecule has 17 heavy (non-hydrogen) atoms. The van der Waals surface area contributed by atoms with E-state index in [1.165, 1.54) is 0 Å². The molecule has 0 aromatic heterocycles. The van der Waals surface area contributed by atoms with E-state index in [2.05, 4.69) is 17.6 Å². The summed E-state index contributed by atoms with van der Waals surface area (Å²) in [6, 6.07) is 10.1. The van der Waals surface area contributed by atoms with Crippen molar-refractivity contribution >= 4 is 5.91 Å². The van der Waals surface area contributed by atoms with E-state index in [9.17, 15) is 4.79 Å². The molecule has 0 heterocycles. The largest absolute Gasteiger partial charge is 0.350 e. The second-order valence-corrected chi connectivity index (χ2v) is 4.20. The molecule has 1 atom stereocenters. The highest BCUT2D eigenvalue weighted by molar-refractivity contribution is 5.76. The minimum Gasteiger partial charge on any atom is -0.350 e. The van der Waals surface area contributed by atoms with Crippen molar-refractivity contribution in [2.75, 3.05) is 13.1 Å². The molecule has 2 N–H and O–H groups in total. The molecule has 3 nitrogen and oxygen atoms in total. The molecule has 94 valence electrons. The first kappa shape index (κ1) is 13.7. The fraction of sp³-hybridized carbons (Fsp3) is 0.500. The van der Waals surface area contributed by atoms with Crippen LogP contribution in [-0.2, 0) is 4.79 Å². The minimum absolute atomic E-state index is 0.0786. The Labute approximate surface area is 104 Å². The normalized spacial score (nSPS) is 12.1. The van der Waals surface area contributed by atoms with Crippen molar-refractivity contribution in [1.29, 1.82) is 0 Å². The van der Waals surface area contributed by atoms with Crippen LogP contribution < -0.4 is 10.6 Å². The molecule has 0 bridgehead atoms. The molecule has 0 spiro atoms. The van der Waals surface area contributed by atoms with Crippen LogP contribution in [0.15, 0.2) is 30.3 Å². The fourth-order valence-corrected chi connectivity index (χ4v) is 1.64. The molecule has 1 amide bonds. The summed E-state index contributed by atoms with van der Waals surface area (Å²) in [5.74, 6) is 0.102. The van der Waals surface area contributed by atoms with Gasteiger partial charge in [-0.15, -0.1) is 0 Å². The fourth-order valence-electron chi connectivity index (χ4n) is 1.64. The second kappa shape index (κ2) is 7.85. The summed E-state index contributed by atoms with van der Waals surface area (Å²) in [4.78, 5) is 11.6. The van der Waals surface area contributed by atoms with E-state index < -0.39 is 0 Å². The SMILES string of the molecule is CCCNCCC(=O)NC(C)c1ccccc1. The third-order valence-electron chi connectivity index (χ3n) is 2.63. The maximum absolute atomic E-state index is 11.6. The molecule has 0 saturated heterocycles. The second-order valence-electron chi connectivity index (χ2n) is 4.20. The van der Waals surface area contributed by atoms with Gasteiger partial charge in [0.05, 0.1) is 6.04 Å². The Morgan fingerprint density at radius 1 is 1.24 bits per heavy atom. The molecule has 0 saturated carbocycles. The van der Waals surface area contributed by atoms with Gasteiger partial charge in [-0.25, -0.2) is 0 Å². The minimum atomic E-state index is 0.0786. The zero-order chi connectivity index (χ0) is 12.5. The van der Waals surface area contributed by atoms with Crippen LogP contribution in [-0.4, -0.2) is 19.0 Å². The highest BCUT2D eigenvalue weighted by Crippen LogP contribution is 2.10. The highest BCUT2D eigenvalue weighted by atomic mass is 16.1.